The van der Waals surface area contributed by atoms with Crippen molar-refractivity contribution in [3.63, 3.8) is 0 Å². The fourth-order valence-corrected chi connectivity index (χ4v) is 5.14. The maximum atomic E-state index is 12.3. The number of aliphatic hydroxyl groups excluding tert-OH is 1. The van der Waals surface area contributed by atoms with E-state index in [0.29, 0.717) is 18.1 Å². The Morgan fingerprint density at radius 2 is 2.03 bits per heavy atom. The molecule has 2 aliphatic heterocycles. The largest absolute Gasteiger partial charge is 0.396 e. The normalized spacial score (nSPS) is 20.8. The second-order valence-corrected chi connectivity index (χ2v) is 9.78. The maximum Gasteiger partial charge on any atom is 0.247 e. The van der Waals surface area contributed by atoms with Crippen molar-refractivity contribution < 1.29 is 9.90 Å². The number of hydrogen-bond donors (Lipinski definition) is 3. The second kappa shape index (κ2) is 8.06. The lowest BCUT2D eigenvalue weighted by Gasteiger charge is -2.26. The number of carbonyl (C=O) groups excluding carboxylic acids is 1. The first-order chi connectivity index (χ1) is 16.9. The van der Waals surface area contributed by atoms with Crippen LogP contribution in [-0.4, -0.2) is 43.7 Å². The third-order valence-corrected chi connectivity index (χ3v) is 7.10. The summed E-state index contributed by atoms with van der Waals surface area (Å²) in [5.74, 6) is 1.33. The third-order valence-electron chi connectivity index (χ3n) is 7.10. The smallest absolute Gasteiger partial charge is 0.247 e. The van der Waals surface area contributed by atoms with Gasteiger partial charge in [-0.25, -0.2) is 9.50 Å². The molecule has 0 saturated carbocycles. The highest BCUT2D eigenvalue weighted by molar-refractivity contribution is 6.06. The van der Waals surface area contributed by atoms with E-state index >= 15 is 0 Å². The van der Waals surface area contributed by atoms with Crippen LogP contribution in [0.3, 0.4) is 0 Å². The molecular weight excluding hydrogens is 442 g/mol. The number of nitrogens with zero attached hydrogens (tertiary/aromatic N) is 5. The van der Waals surface area contributed by atoms with Crippen molar-refractivity contribution in [3.05, 3.63) is 72.1 Å². The lowest BCUT2D eigenvalue weighted by molar-refractivity contribution is -0.119. The molecule has 35 heavy (non-hydrogen) atoms. The third kappa shape index (κ3) is 3.59. The standard InChI is InChI=1S/C26H27N7O2/c1-26(2)19-9-8-18(13-20(19)29-24(26)35)28-25-30-23-22(27-10-11-33(23)31-25)32-14-16(15-34)12-21(32)17-6-4-3-5-7-17/h3-11,13,16,21,34H,12,14-15H2,1-2H3,(H,28,31)(H,29,35)/t16-,21?/m0/s1. The molecule has 2 aromatic heterocycles. The zero-order valence-electron chi connectivity index (χ0n) is 19.6. The monoisotopic (exact) mass is 469 g/mol. The minimum atomic E-state index is -0.548. The molecule has 4 heterocycles. The summed E-state index contributed by atoms with van der Waals surface area (Å²) in [5, 5.41) is 20.7. The highest BCUT2D eigenvalue weighted by atomic mass is 16.3. The van der Waals surface area contributed by atoms with Crippen LogP contribution in [0.15, 0.2) is 60.9 Å². The maximum absolute atomic E-state index is 12.3. The molecule has 4 aromatic rings. The molecule has 0 bridgehead atoms. The first-order valence-electron chi connectivity index (χ1n) is 11.8. The van der Waals surface area contributed by atoms with Gasteiger partial charge < -0.3 is 20.6 Å². The molecule has 1 amide bonds. The van der Waals surface area contributed by atoms with Gasteiger partial charge in [0.1, 0.15) is 0 Å². The molecule has 3 N–H and O–H groups in total. The van der Waals surface area contributed by atoms with Crippen LogP contribution >= 0.6 is 0 Å². The van der Waals surface area contributed by atoms with Crippen LogP contribution in [0.5, 0.6) is 0 Å². The summed E-state index contributed by atoms with van der Waals surface area (Å²) in [5.41, 5.74) is 3.85. The average Bonchev–Trinajstić information content (AvgIpc) is 3.53. The van der Waals surface area contributed by atoms with E-state index in [4.69, 9.17) is 4.98 Å². The summed E-state index contributed by atoms with van der Waals surface area (Å²) < 4.78 is 1.72. The van der Waals surface area contributed by atoms with Gasteiger partial charge in [-0.2, -0.15) is 4.98 Å². The molecule has 0 radical (unpaired) electrons. The average molecular weight is 470 g/mol. The Morgan fingerprint density at radius 1 is 1.20 bits per heavy atom. The van der Waals surface area contributed by atoms with Crippen LogP contribution in [-0.2, 0) is 10.2 Å². The molecule has 0 aliphatic carbocycles. The van der Waals surface area contributed by atoms with Gasteiger partial charge in [0.15, 0.2) is 11.5 Å². The fourth-order valence-electron chi connectivity index (χ4n) is 5.14. The van der Waals surface area contributed by atoms with Gasteiger partial charge in [0.2, 0.25) is 11.9 Å². The SMILES string of the molecule is CC1(C)C(=O)Nc2cc(Nc3nc4c(N5C[C@@H](CO)CC5c5ccccc5)nccn4n3)ccc21. The van der Waals surface area contributed by atoms with Crippen LogP contribution in [0.2, 0.25) is 0 Å². The lowest BCUT2D eigenvalue weighted by atomic mass is 9.86. The summed E-state index contributed by atoms with van der Waals surface area (Å²) in [6.07, 6.45) is 4.35. The summed E-state index contributed by atoms with van der Waals surface area (Å²) in [4.78, 5) is 23.9. The van der Waals surface area contributed by atoms with Crippen LogP contribution in [0.25, 0.3) is 5.65 Å². The summed E-state index contributed by atoms with van der Waals surface area (Å²) in [7, 11) is 0. The van der Waals surface area contributed by atoms with Crippen molar-refractivity contribution in [1.29, 1.82) is 0 Å². The minimum Gasteiger partial charge on any atom is -0.396 e. The Bertz CT molecular complexity index is 1420. The summed E-state index contributed by atoms with van der Waals surface area (Å²) in [6, 6.07) is 16.2. The number of nitrogens with one attached hydrogen (secondary N) is 2. The van der Waals surface area contributed by atoms with E-state index in [-0.39, 0.29) is 24.5 Å². The van der Waals surface area contributed by atoms with Gasteiger partial charge in [0, 0.05) is 42.8 Å². The molecule has 1 unspecified atom stereocenters. The number of hydrogen-bond acceptors (Lipinski definition) is 7. The summed E-state index contributed by atoms with van der Waals surface area (Å²) >= 11 is 0. The Labute approximate surface area is 202 Å². The zero-order chi connectivity index (χ0) is 24.2. The molecule has 2 atom stereocenters. The van der Waals surface area contributed by atoms with E-state index in [1.54, 1.807) is 16.9 Å². The van der Waals surface area contributed by atoms with Crippen molar-refractivity contribution in [2.45, 2.75) is 31.7 Å². The van der Waals surface area contributed by atoms with Crippen molar-refractivity contribution in [3.8, 4) is 0 Å². The zero-order valence-corrected chi connectivity index (χ0v) is 19.6. The van der Waals surface area contributed by atoms with Crippen molar-refractivity contribution in [2.75, 3.05) is 28.7 Å². The van der Waals surface area contributed by atoms with E-state index in [2.05, 4.69) is 37.7 Å². The van der Waals surface area contributed by atoms with Gasteiger partial charge in [-0.05, 0) is 43.5 Å². The van der Waals surface area contributed by atoms with Crippen LogP contribution in [0.4, 0.5) is 23.1 Å². The quantitative estimate of drug-likeness (QED) is 0.409. The van der Waals surface area contributed by atoms with Crippen LogP contribution in [0.1, 0.15) is 37.4 Å². The van der Waals surface area contributed by atoms with E-state index in [1.807, 2.05) is 50.2 Å². The minimum absolute atomic E-state index is 0.00834. The number of benzene rings is 2. The van der Waals surface area contributed by atoms with E-state index in [9.17, 15) is 9.90 Å². The number of carbonyl (C=O) groups is 1. The van der Waals surface area contributed by atoms with Crippen molar-refractivity contribution >= 4 is 34.7 Å². The van der Waals surface area contributed by atoms with Gasteiger partial charge in [0.25, 0.3) is 0 Å². The number of rotatable bonds is 5. The van der Waals surface area contributed by atoms with Crippen LogP contribution < -0.4 is 15.5 Å². The van der Waals surface area contributed by atoms with Gasteiger partial charge in [-0.3, -0.25) is 4.79 Å². The molecule has 6 rings (SSSR count). The Kier molecular flexibility index (Phi) is 4.96. The molecule has 9 heteroatoms. The highest BCUT2D eigenvalue weighted by Gasteiger charge is 2.38. The first-order valence-corrected chi connectivity index (χ1v) is 11.8. The van der Waals surface area contributed by atoms with E-state index in [1.165, 1.54) is 5.56 Å². The van der Waals surface area contributed by atoms with Gasteiger partial charge in [-0.1, -0.05) is 36.4 Å². The van der Waals surface area contributed by atoms with E-state index in [0.717, 1.165) is 29.2 Å². The first kappa shape index (κ1) is 21.5. The van der Waals surface area contributed by atoms with Gasteiger partial charge >= 0.3 is 0 Å². The number of aromatic nitrogens is 4. The van der Waals surface area contributed by atoms with Crippen molar-refractivity contribution in [1.82, 2.24) is 19.6 Å². The highest BCUT2D eigenvalue weighted by Crippen LogP contribution is 2.40. The van der Waals surface area contributed by atoms with Gasteiger partial charge in [0.05, 0.1) is 11.5 Å². The predicted octanol–water partition coefficient (Wildman–Crippen LogP) is 3.66. The molecule has 1 saturated heterocycles. The molecule has 9 nitrogen and oxygen atoms in total. The van der Waals surface area contributed by atoms with E-state index < -0.39 is 5.41 Å². The summed E-state index contributed by atoms with van der Waals surface area (Å²) in [6.45, 7) is 4.66. The van der Waals surface area contributed by atoms with Crippen LogP contribution in [0, 0.1) is 5.92 Å². The van der Waals surface area contributed by atoms with Crippen molar-refractivity contribution in [2.24, 2.45) is 5.92 Å². The molecule has 1 fully saturated rings. The lowest BCUT2D eigenvalue weighted by Crippen LogP contribution is -2.26. The fraction of sp³-hybridized carbons (Fsp3) is 0.308. The Balaban J connectivity index is 1.33. The van der Waals surface area contributed by atoms with Gasteiger partial charge in [-0.15, -0.1) is 5.10 Å². The molecular formula is C26H27N7O2. The molecule has 178 valence electrons. The topological polar surface area (TPSA) is 108 Å². The number of aliphatic hydroxyl groups is 1. The second-order valence-electron chi connectivity index (χ2n) is 9.78. The molecule has 0 spiro atoms. The number of amides is 1. The Hall–Kier alpha value is -3.98. The predicted molar refractivity (Wildman–Crippen MR) is 134 cm³/mol. The molecule has 2 aliphatic rings. The number of anilines is 4. The number of fused-ring (bicyclic) bond motifs is 2. The molecule has 2 aromatic carbocycles. The Morgan fingerprint density at radius 3 is 2.83 bits per heavy atom.